The molecule has 0 aromatic heterocycles. The lowest BCUT2D eigenvalue weighted by atomic mass is 9.95. The van der Waals surface area contributed by atoms with Crippen molar-refractivity contribution in [3.63, 3.8) is 0 Å². The minimum Gasteiger partial charge on any atom is -0.373 e. The van der Waals surface area contributed by atoms with Crippen LogP contribution in [0.1, 0.15) is 31.4 Å². The number of nitrogens with one attached hydrogen (secondary N) is 1. The van der Waals surface area contributed by atoms with Gasteiger partial charge >= 0.3 is 0 Å². The van der Waals surface area contributed by atoms with E-state index in [1.807, 2.05) is 0 Å². The van der Waals surface area contributed by atoms with E-state index < -0.39 is 5.82 Å². The van der Waals surface area contributed by atoms with Crippen LogP contribution in [0.15, 0.2) is 18.2 Å². The lowest BCUT2D eigenvalue weighted by molar-refractivity contribution is 0.0872. The fraction of sp³-hybridized carbons (Fsp3) is 0.571. The largest absolute Gasteiger partial charge is 0.373 e. The number of hydrogen-bond donors (Lipinski definition) is 1. The topological polar surface area (TPSA) is 21.3 Å². The lowest BCUT2D eigenvalue weighted by Crippen LogP contribution is -2.25. The SMILES string of the molecule is CCCNCC1CCOC1c1cc(F)ccc1F. The maximum atomic E-state index is 13.7. The lowest BCUT2D eigenvalue weighted by Gasteiger charge is -2.20. The normalized spacial score (nSPS) is 23.5. The zero-order chi connectivity index (χ0) is 13.0. The molecule has 1 fully saturated rings. The van der Waals surface area contributed by atoms with Crippen LogP contribution >= 0.6 is 0 Å². The molecule has 1 aliphatic heterocycles. The second-order valence-electron chi connectivity index (χ2n) is 4.71. The van der Waals surface area contributed by atoms with Gasteiger partial charge in [0.2, 0.25) is 0 Å². The highest BCUT2D eigenvalue weighted by Crippen LogP contribution is 2.35. The van der Waals surface area contributed by atoms with Gasteiger partial charge < -0.3 is 10.1 Å². The summed E-state index contributed by atoms with van der Waals surface area (Å²) in [5.41, 5.74) is 0.343. The van der Waals surface area contributed by atoms with Gasteiger partial charge in [0.05, 0.1) is 6.10 Å². The average Bonchev–Trinajstić information content (AvgIpc) is 2.81. The van der Waals surface area contributed by atoms with Gasteiger partial charge in [0.25, 0.3) is 0 Å². The van der Waals surface area contributed by atoms with Crippen molar-refractivity contribution in [2.45, 2.75) is 25.9 Å². The van der Waals surface area contributed by atoms with Crippen molar-refractivity contribution in [2.24, 2.45) is 5.92 Å². The van der Waals surface area contributed by atoms with Gasteiger partial charge in [-0.05, 0) is 37.6 Å². The molecule has 0 saturated carbocycles. The van der Waals surface area contributed by atoms with E-state index in [4.69, 9.17) is 4.74 Å². The highest BCUT2D eigenvalue weighted by molar-refractivity contribution is 5.22. The average molecular weight is 255 g/mol. The maximum absolute atomic E-state index is 13.7. The molecule has 1 aromatic rings. The van der Waals surface area contributed by atoms with E-state index in [1.165, 1.54) is 12.1 Å². The predicted molar refractivity (Wildman–Crippen MR) is 66.3 cm³/mol. The Morgan fingerprint density at radius 1 is 1.39 bits per heavy atom. The zero-order valence-corrected chi connectivity index (χ0v) is 10.6. The summed E-state index contributed by atoms with van der Waals surface area (Å²) in [7, 11) is 0. The van der Waals surface area contributed by atoms with Crippen LogP contribution < -0.4 is 5.32 Å². The molecule has 1 aromatic carbocycles. The molecule has 0 radical (unpaired) electrons. The highest BCUT2D eigenvalue weighted by Gasteiger charge is 2.31. The van der Waals surface area contributed by atoms with Crippen LogP contribution in [0.4, 0.5) is 8.78 Å². The smallest absolute Gasteiger partial charge is 0.129 e. The number of rotatable bonds is 5. The van der Waals surface area contributed by atoms with E-state index in [9.17, 15) is 8.78 Å². The Kier molecular flexibility index (Phi) is 4.66. The van der Waals surface area contributed by atoms with Crippen LogP contribution in [-0.4, -0.2) is 19.7 Å². The van der Waals surface area contributed by atoms with Gasteiger partial charge in [-0.1, -0.05) is 6.92 Å². The molecule has 0 aliphatic carbocycles. The fourth-order valence-electron chi connectivity index (χ4n) is 2.38. The van der Waals surface area contributed by atoms with E-state index in [-0.39, 0.29) is 17.8 Å². The first-order chi connectivity index (χ1) is 8.72. The molecule has 100 valence electrons. The van der Waals surface area contributed by atoms with Gasteiger partial charge in [-0.25, -0.2) is 8.78 Å². The third-order valence-corrected chi connectivity index (χ3v) is 3.31. The van der Waals surface area contributed by atoms with Crippen molar-refractivity contribution >= 4 is 0 Å². The molecule has 2 atom stereocenters. The van der Waals surface area contributed by atoms with Crippen molar-refractivity contribution in [2.75, 3.05) is 19.7 Å². The summed E-state index contributed by atoms with van der Waals surface area (Å²) in [6, 6.07) is 3.55. The van der Waals surface area contributed by atoms with Crippen molar-refractivity contribution in [3.8, 4) is 0 Å². The Labute approximate surface area is 106 Å². The first kappa shape index (κ1) is 13.4. The molecular formula is C14H19F2NO. The number of ether oxygens (including phenoxy) is 1. The van der Waals surface area contributed by atoms with Gasteiger partial charge in [-0.15, -0.1) is 0 Å². The van der Waals surface area contributed by atoms with Gasteiger partial charge in [-0.2, -0.15) is 0 Å². The molecule has 2 nitrogen and oxygen atoms in total. The van der Waals surface area contributed by atoms with Gasteiger partial charge in [0.15, 0.2) is 0 Å². The van der Waals surface area contributed by atoms with Crippen molar-refractivity contribution in [1.29, 1.82) is 0 Å². The molecule has 1 heterocycles. The zero-order valence-electron chi connectivity index (χ0n) is 10.6. The first-order valence-corrected chi connectivity index (χ1v) is 6.49. The molecule has 0 amide bonds. The van der Waals surface area contributed by atoms with Crippen LogP contribution in [-0.2, 0) is 4.74 Å². The summed E-state index contributed by atoms with van der Waals surface area (Å²) >= 11 is 0. The summed E-state index contributed by atoms with van der Waals surface area (Å²) in [6.07, 6.45) is 1.62. The highest BCUT2D eigenvalue weighted by atomic mass is 19.1. The van der Waals surface area contributed by atoms with Crippen LogP contribution in [0.25, 0.3) is 0 Å². The molecule has 0 bridgehead atoms. The second-order valence-corrected chi connectivity index (χ2v) is 4.71. The van der Waals surface area contributed by atoms with Gasteiger partial charge in [-0.3, -0.25) is 0 Å². The monoisotopic (exact) mass is 255 g/mol. The minimum atomic E-state index is -0.415. The summed E-state index contributed by atoms with van der Waals surface area (Å²) in [5.74, 6) is -0.584. The standard InChI is InChI=1S/C14H19F2NO/c1-2-6-17-9-10-5-7-18-14(10)12-8-11(15)3-4-13(12)16/h3-4,8,10,14,17H,2,5-7,9H2,1H3. The van der Waals surface area contributed by atoms with Crippen LogP contribution in [0.5, 0.6) is 0 Å². The van der Waals surface area contributed by atoms with Gasteiger partial charge in [0.1, 0.15) is 11.6 Å². The van der Waals surface area contributed by atoms with Crippen molar-refractivity contribution in [3.05, 3.63) is 35.4 Å². The second kappa shape index (κ2) is 6.25. The first-order valence-electron chi connectivity index (χ1n) is 6.49. The Hall–Kier alpha value is -1.00. The molecule has 0 spiro atoms. The summed E-state index contributed by atoms with van der Waals surface area (Å²) < 4.78 is 32.5. The van der Waals surface area contributed by atoms with E-state index in [1.54, 1.807) is 0 Å². The summed E-state index contributed by atoms with van der Waals surface area (Å²) in [4.78, 5) is 0. The maximum Gasteiger partial charge on any atom is 0.129 e. The van der Waals surface area contributed by atoms with E-state index >= 15 is 0 Å². The van der Waals surface area contributed by atoms with E-state index in [2.05, 4.69) is 12.2 Å². The Bertz CT molecular complexity index is 397. The number of halogens is 2. The Morgan fingerprint density at radius 2 is 2.22 bits per heavy atom. The molecule has 18 heavy (non-hydrogen) atoms. The Balaban J connectivity index is 2.08. The van der Waals surface area contributed by atoms with E-state index in [0.717, 1.165) is 32.0 Å². The van der Waals surface area contributed by atoms with Crippen LogP contribution in [0.2, 0.25) is 0 Å². The number of hydrogen-bond acceptors (Lipinski definition) is 2. The van der Waals surface area contributed by atoms with Gasteiger partial charge in [0, 0.05) is 24.6 Å². The summed E-state index contributed by atoms with van der Waals surface area (Å²) in [6.45, 7) is 4.43. The molecule has 2 unspecified atom stereocenters. The molecule has 1 N–H and O–H groups in total. The minimum absolute atomic E-state index is 0.216. The fourth-order valence-corrected chi connectivity index (χ4v) is 2.38. The van der Waals surface area contributed by atoms with Crippen molar-refractivity contribution < 1.29 is 13.5 Å². The predicted octanol–water partition coefficient (Wildman–Crippen LogP) is 3.04. The Morgan fingerprint density at radius 3 is 3.00 bits per heavy atom. The number of benzene rings is 1. The van der Waals surface area contributed by atoms with Crippen molar-refractivity contribution in [1.82, 2.24) is 5.32 Å². The van der Waals surface area contributed by atoms with Crippen LogP contribution in [0, 0.1) is 17.6 Å². The molecule has 1 aliphatic rings. The molecular weight excluding hydrogens is 236 g/mol. The molecule has 2 rings (SSSR count). The quantitative estimate of drug-likeness (QED) is 0.816. The molecule has 4 heteroatoms. The third-order valence-electron chi connectivity index (χ3n) is 3.31. The van der Waals surface area contributed by atoms with E-state index in [0.29, 0.717) is 12.2 Å². The summed E-state index contributed by atoms with van der Waals surface area (Å²) in [5, 5.41) is 3.31. The van der Waals surface area contributed by atoms with Crippen LogP contribution in [0.3, 0.4) is 0 Å². The third kappa shape index (κ3) is 3.06. The molecule has 1 saturated heterocycles.